The van der Waals surface area contributed by atoms with Crippen LogP contribution in [0.3, 0.4) is 0 Å². The number of nitrogens with zero attached hydrogens (tertiary/aromatic N) is 4. The van der Waals surface area contributed by atoms with E-state index in [0.29, 0.717) is 31.6 Å². The average molecular weight is 328 g/mol. The van der Waals surface area contributed by atoms with E-state index in [1.807, 2.05) is 0 Å². The van der Waals surface area contributed by atoms with E-state index in [0.717, 1.165) is 0 Å². The number of likely N-dealkylation sites (tertiary alicyclic amines) is 2. The fourth-order valence-electron chi connectivity index (χ4n) is 3.61. The third-order valence-corrected chi connectivity index (χ3v) is 4.77. The summed E-state index contributed by atoms with van der Waals surface area (Å²) in [6.07, 6.45) is 4.27. The van der Waals surface area contributed by atoms with Crippen molar-refractivity contribution in [2.24, 2.45) is 7.05 Å². The second-order valence-electron chi connectivity index (χ2n) is 6.52. The maximum atomic E-state index is 13.6. The topological polar surface area (TPSA) is 61.6 Å². The Morgan fingerprint density at radius 1 is 1.43 bits per heavy atom. The maximum Gasteiger partial charge on any atom is 0.274 e. The van der Waals surface area contributed by atoms with Gasteiger partial charge < -0.3 is 14.6 Å². The SMILES string of the molecule is Cn1cnc(C(=O)N2CCC(N3CC(F)(F)C[C@H]3CO)CC2)c1. The molecule has 0 spiro atoms. The van der Waals surface area contributed by atoms with Gasteiger partial charge in [0.2, 0.25) is 0 Å². The Morgan fingerprint density at radius 2 is 2.13 bits per heavy atom. The molecule has 0 bridgehead atoms. The van der Waals surface area contributed by atoms with Crippen molar-refractivity contribution in [2.75, 3.05) is 26.2 Å². The average Bonchev–Trinajstić information content (AvgIpc) is 3.09. The van der Waals surface area contributed by atoms with Gasteiger partial charge in [-0.25, -0.2) is 13.8 Å². The number of aromatic nitrogens is 2. The number of hydrogen-bond acceptors (Lipinski definition) is 4. The number of hydrogen-bond donors (Lipinski definition) is 1. The summed E-state index contributed by atoms with van der Waals surface area (Å²) in [5.41, 5.74) is 0.409. The van der Waals surface area contributed by atoms with Gasteiger partial charge in [-0.05, 0) is 12.8 Å². The summed E-state index contributed by atoms with van der Waals surface area (Å²) in [5.74, 6) is -2.84. The molecule has 0 radical (unpaired) electrons. The Hall–Kier alpha value is -1.54. The summed E-state index contributed by atoms with van der Waals surface area (Å²) in [6.45, 7) is 0.514. The highest BCUT2D eigenvalue weighted by atomic mass is 19.3. The van der Waals surface area contributed by atoms with Crippen LogP contribution < -0.4 is 0 Å². The molecule has 0 aromatic carbocycles. The predicted octanol–water partition coefficient (Wildman–Crippen LogP) is 0.727. The minimum absolute atomic E-state index is 0.00620. The van der Waals surface area contributed by atoms with Crippen molar-refractivity contribution in [3.8, 4) is 0 Å². The van der Waals surface area contributed by atoms with Gasteiger partial charge in [0.05, 0.1) is 19.5 Å². The van der Waals surface area contributed by atoms with Crippen LogP contribution in [0.2, 0.25) is 0 Å². The quantitative estimate of drug-likeness (QED) is 0.888. The Morgan fingerprint density at radius 3 is 2.70 bits per heavy atom. The van der Waals surface area contributed by atoms with Gasteiger partial charge in [-0.1, -0.05) is 0 Å². The second-order valence-corrected chi connectivity index (χ2v) is 6.52. The molecule has 0 aliphatic carbocycles. The van der Waals surface area contributed by atoms with Crippen molar-refractivity contribution >= 4 is 5.91 Å². The molecule has 2 saturated heterocycles. The summed E-state index contributed by atoms with van der Waals surface area (Å²) in [4.78, 5) is 19.8. The zero-order valence-corrected chi connectivity index (χ0v) is 13.2. The molecule has 3 rings (SSSR count). The smallest absolute Gasteiger partial charge is 0.274 e. The van der Waals surface area contributed by atoms with Gasteiger partial charge in [-0.3, -0.25) is 9.69 Å². The summed E-state index contributed by atoms with van der Waals surface area (Å²) in [6, 6.07) is -0.485. The molecule has 1 N–H and O–H groups in total. The molecule has 3 heterocycles. The van der Waals surface area contributed by atoms with Crippen LogP contribution >= 0.6 is 0 Å². The molecule has 2 aliphatic rings. The zero-order chi connectivity index (χ0) is 16.6. The molecule has 8 heteroatoms. The van der Waals surface area contributed by atoms with E-state index in [1.54, 1.807) is 33.9 Å². The molecule has 128 valence electrons. The van der Waals surface area contributed by atoms with Gasteiger partial charge in [0.15, 0.2) is 0 Å². The number of carbonyl (C=O) groups is 1. The number of piperidine rings is 1. The second kappa shape index (κ2) is 6.16. The number of rotatable bonds is 3. The molecule has 2 fully saturated rings. The number of amides is 1. The van der Waals surface area contributed by atoms with Gasteiger partial charge in [0.25, 0.3) is 11.8 Å². The van der Waals surface area contributed by atoms with E-state index < -0.39 is 12.0 Å². The molecule has 1 aromatic rings. The lowest BCUT2D eigenvalue weighted by atomic mass is 10.0. The van der Waals surface area contributed by atoms with E-state index in [2.05, 4.69) is 4.98 Å². The summed E-state index contributed by atoms with van der Waals surface area (Å²) >= 11 is 0. The minimum atomic E-state index is -2.73. The van der Waals surface area contributed by atoms with E-state index in [4.69, 9.17) is 0 Å². The third kappa shape index (κ3) is 3.37. The van der Waals surface area contributed by atoms with Crippen LogP contribution in [-0.2, 0) is 7.05 Å². The van der Waals surface area contributed by atoms with Crippen LogP contribution in [0.1, 0.15) is 29.8 Å². The fraction of sp³-hybridized carbons (Fsp3) is 0.733. The van der Waals surface area contributed by atoms with Crippen LogP contribution in [0.5, 0.6) is 0 Å². The molecule has 1 amide bonds. The molecule has 6 nitrogen and oxygen atoms in total. The summed E-state index contributed by atoms with van der Waals surface area (Å²) in [5, 5.41) is 9.34. The normalized spacial score (nSPS) is 25.9. The van der Waals surface area contributed by atoms with E-state index in [1.165, 1.54) is 0 Å². The molecular weight excluding hydrogens is 306 g/mol. The highest BCUT2D eigenvalue weighted by molar-refractivity contribution is 5.92. The van der Waals surface area contributed by atoms with Crippen LogP contribution in [0, 0.1) is 0 Å². The van der Waals surface area contributed by atoms with Crippen molar-refractivity contribution < 1.29 is 18.7 Å². The number of carbonyl (C=O) groups excluding carboxylic acids is 1. The van der Waals surface area contributed by atoms with Gasteiger partial charge in [-0.2, -0.15) is 0 Å². The molecule has 2 aliphatic heterocycles. The van der Waals surface area contributed by atoms with Crippen molar-refractivity contribution in [1.82, 2.24) is 19.4 Å². The van der Waals surface area contributed by atoms with Gasteiger partial charge in [0.1, 0.15) is 5.69 Å². The Kier molecular flexibility index (Phi) is 4.37. The predicted molar refractivity (Wildman–Crippen MR) is 79.3 cm³/mol. The van der Waals surface area contributed by atoms with E-state index in [-0.39, 0.29) is 31.5 Å². The Labute approximate surface area is 133 Å². The number of aliphatic hydroxyl groups excluding tert-OH is 1. The highest BCUT2D eigenvalue weighted by Crippen LogP contribution is 2.35. The Bertz CT molecular complexity index is 570. The zero-order valence-electron chi connectivity index (χ0n) is 13.2. The molecule has 1 aromatic heterocycles. The first-order valence-electron chi connectivity index (χ1n) is 7.91. The monoisotopic (exact) mass is 328 g/mol. The standard InChI is InChI=1S/C15H22F2N4O2/c1-19-7-13(18-10-19)14(23)20-4-2-11(3-5-20)21-9-15(16,17)6-12(21)8-22/h7,10-12,22H,2-6,8-9H2,1H3/t12-/m0/s1. The largest absolute Gasteiger partial charge is 0.395 e. The summed E-state index contributed by atoms with van der Waals surface area (Å²) in [7, 11) is 1.80. The first kappa shape index (κ1) is 16.3. The number of aryl methyl sites for hydroxylation is 1. The highest BCUT2D eigenvalue weighted by Gasteiger charge is 2.47. The molecule has 1 atom stereocenters. The van der Waals surface area contributed by atoms with Crippen LogP contribution in [0.25, 0.3) is 0 Å². The number of alkyl halides is 2. The van der Waals surface area contributed by atoms with Gasteiger partial charge in [-0.15, -0.1) is 0 Å². The van der Waals surface area contributed by atoms with E-state index >= 15 is 0 Å². The van der Waals surface area contributed by atoms with Crippen LogP contribution in [-0.4, -0.2) is 74.6 Å². The third-order valence-electron chi connectivity index (χ3n) is 4.77. The Balaban J connectivity index is 1.59. The first-order valence-corrected chi connectivity index (χ1v) is 7.91. The van der Waals surface area contributed by atoms with Crippen LogP contribution in [0.15, 0.2) is 12.5 Å². The first-order chi connectivity index (χ1) is 10.9. The van der Waals surface area contributed by atoms with Crippen molar-refractivity contribution in [2.45, 2.75) is 37.3 Å². The number of imidazole rings is 1. The molecule has 0 saturated carbocycles. The van der Waals surface area contributed by atoms with Gasteiger partial charge in [0, 0.05) is 44.8 Å². The van der Waals surface area contributed by atoms with Gasteiger partial charge >= 0.3 is 0 Å². The van der Waals surface area contributed by atoms with Crippen molar-refractivity contribution in [1.29, 1.82) is 0 Å². The number of aliphatic hydroxyl groups is 1. The van der Waals surface area contributed by atoms with E-state index in [9.17, 15) is 18.7 Å². The lowest BCUT2D eigenvalue weighted by molar-refractivity contribution is 0.00294. The molecule has 0 unspecified atom stereocenters. The summed E-state index contributed by atoms with van der Waals surface area (Å²) < 4.78 is 28.9. The van der Waals surface area contributed by atoms with Crippen molar-refractivity contribution in [3.05, 3.63) is 18.2 Å². The lowest BCUT2D eigenvalue weighted by Crippen LogP contribution is -2.49. The molecular formula is C15H22F2N4O2. The van der Waals surface area contributed by atoms with Crippen molar-refractivity contribution in [3.63, 3.8) is 0 Å². The van der Waals surface area contributed by atoms with Crippen LogP contribution in [0.4, 0.5) is 8.78 Å². The fourth-order valence-corrected chi connectivity index (χ4v) is 3.61. The number of halogens is 2. The minimum Gasteiger partial charge on any atom is -0.395 e. The lowest BCUT2D eigenvalue weighted by Gasteiger charge is -2.38. The molecule has 23 heavy (non-hydrogen) atoms. The maximum absolute atomic E-state index is 13.6.